The molecule has 140 valence electrons. The lowest BCUT2D eigenvalue weighted by molar-refractivity contribution is -0.132. The Morgan fingerprint density at radius 3 is 2.50 bits per heavy atom. The third-order valence-electron chi connectivity index (χ3n) is 4.20. The van der Waals surface area contributed by atoms with Gasteiger partial charge in [-0.25, -0.2) is 0 Å². The van der Waals surface area contributed by atoms with Gasteiger partial charge in [0.15, 0.2) is 0 Å². The van der Waals surface area contributed by atoms with Crippen LogP contribution in [0.4, 0.5) is 0 Å². The van der Waals surface area contributed by atoms with Crippen LogP contribution in [0.3, 0.4) is 0 Å². The van der Waals surface area contributed by atoms with Crippen LogP contribution in [0, 0.1) is 0 Å². The monoisotopic (exact) mass is 375 g/mol. The highest BCUT2D eigenvalue weighted by atomic mass is 35.5. The number of nitrogens with one attached hydrogen (secondary N) is 1. The Labute approximate surface area is 161 Å². The fourth-order valence-electron chi connectivity index (χ4n) is 2.94. The zero-order valence-electron chi connectivity index (χ0n) is 15.1. The van der Waals surface area contributed by atoms with Gasteiger partial charge in [-0.05, 0) is 36.9 Å². The summed E-state index contributed by atoms with van der Waals surface area (Å²) < 4.78 is 5.88. The van der Waals surface area contributed by atoms with Crippen molar-refractivity contribution in [2.24, 2.45) is 0 Å². The summed E-state index contributed by atoms with van der Waals surface area (Å²) in [7, 11) is 1.98. The number of rotatable bonds is 6. The largest absolute Gasteiger partial charge is 0.457 e. The lowest BCUT2D eigenvalue weighted by atomic mass is 10.2. The first kappa shape index (κ1) is 20.2. The van der Waals surface area contributed by atoms with E-state index in [0.717, 1.165) is 43.2 Å². The summed E-state index contributed by atoms with van der Waals surface area (Å²) >= 11 is 0. The van der Waals surface area contributed by atoms with Crippen LogP contribution >= 0.6 is 12.4 Å². The van der Waals surface area contributed by atoms with Gasteiger partial charge < -0.3 is 15.0 Å². The zero-order chi connectivity index (χ0) is 17.5. The van der Waals surface area contributed by atoms with Gasteiger partial charge in [-0.15, -0.1) is 12.4 Å². The maximum atomic E-state index is 12.3. The van der Waals surface area contributed by atoms with Crippen molar-refractivity contribution in [1.29, 1.82) is 0 Å². The number of nitrogens with zero attached hydrogens (tertiary/aromatic N) is 2. The molecule has 26 heavy (non-hydrogen) atoms. The molecule has 0 saturated carbocycles. The van der Waals surface area contributed by atoms with E-state index in [1.54, 1.807) is 0 Å². The Morgan fingerprint density at radius 1 is 1.08 bits per heavy atom. The summed E-state index contributed by atoms with van der Waals surface area (Å²) in [6, 6.07) is 17.8. The van der Waals surface area contributed by atoms with Crippen molar-refractivity contribution in [2.45, 2.75) is 6.54 Å². The van der Waals surface area contributed by atoms with Gasteiger partial charge in [-0.2, -0.15) is 0 Å². The van der Waals surface area contributed by atoms with Crippen LogP contribution in [0.15, 0.2) is 54.6 Å². The first-order valence-corrected chi connectivity index (χ1v) is 8.69. The first-order valence-electron chi connectivity index (χ1n) is 8.69. The Balaban J connectivity index is 0.00000243. The number of benzene rings is 2. The van der Waals surface area contributed by atoms with Crippen LogP contribution in [0.2, 0.25) is 0 Å². The lowest BCUT2D eigenvalue weighted by Gasteiger charge is -2.29. The minimum Gasteiger partial charge on any atom is -0.457 e. The second kappa shape index (κ2) is 10.2. The molecule has 2 aromatic carbocycles. The Bertz CT molecular complexity index is 690. The molecule has 0 bridgehead atoms. The molecule has 1 fully saturated rings. The van der Waals surface area contributed by atoms with Crippen LogP contribution in [0.5, 0.6) is 11.5 Å². The third-order valence-corrected chi connectivity index (χ3v) is 4.20. The highest BCUT2D eigenvalue weighted by molar-refractivity contribution is 5.85. The van der Waals surface area contributed by atoms with Crippen LogP contribution in [-0.2, 0) is 11.3 Å². The van der Waals surface area contributed by atoms with Crippen LogP contribution < -0.4 is 10.1 Å². The van der Waals surface area contributed by atoms with Crippen molar-refractivity contribution in [2.75, 3.05) is 39.8 Å². The molecular formula is C20H26ClN3O2. The van der Waals surface area contributed by atoms with Gasteiger partial charge in [0.2, 0.25) is 5.91 Å². The van der Waals surface area contributed by atoms with Crippen molar-refractivity contribution < 1.29 is 9.53 Å². The highest BCUT2D eigenvalue weighted by Gasteiger charge is 2.17. The molecule has 0 radical (unpaired) electrons. The molecule has 1 saturated heterocycles. The fourth-order valence-corrected chi connectivity index (χ4v) is 2.94. The van der Waals surface area contributed by atoms with Gasteiger partial charge >= 0.3 is 0 Å². The Hall–Kier alpha value is -2.08. The third kappa shape index (κ3) is 6.02. The highest BCUT2D eigenvalue weighted by Crippen LogP contribution is 2.22. The standard InChI is InChI=1S/C20H25N3O2.ClH/c1-22(16-20(24)23-12-10-21-11-13-23)15-17-6-5-9-19(14-17)25-18-7-3-2-4-8-18;/h2-9,14,21H,10-13,15-16H2,1H3;1H. The number of carbonyl (C=O) groups is 1. The number of amides is 1. The minimum atomic E-state index is 0. The summed E-state index contributed by atoms with van der Waals surface area (Å²) in [6.07, 6.45) is 0. The van der Waals surface area contributed by atoms with Gasteiger partial charge in [0, 0.05) is 32.7 Å². The second-order valence-electron chi connectivity index (χ2n) is 6.37. The zero-order valence-corrected chi connectivity index (χ0v) is 15.9. The van der Waals surface area contributed by atoms with E-state index in [4.69, 9.17) is 4.74 Å². The summed E-state index contributed by atoms with van der Waals surface area (Å²) in [5.41, 5.74) is 1.13. The van der Waals surface area contributed by atoms with E-state index in [9.17, 15) is 4.79 Å². The van der Waals surface area contributed by atoms with Crippen molar-refractivity contribution in [1.82, 2.24) is 15.1 Å². The van der Waals surface area contributed by atoms with Crippen LogP contribution in [-0.4, -0.2) is 55.5 Å². The fraction of sp³-hybridized carbons (Fsp3) is 0.350. The molecule has 1 N–H and O–H groups in total. The van der Waals surface area contributed by atoms with E-state index < -0.39 is 0 Å². The molecule has 0 aromatic heterocycles. The minimum absolute atomic E-state index is 0. The molecule has 0 aliphatic carbocycles. The van der Waals surface area contributed by atoms with Crippen molar-refractivity contribution >= 4 is 18.3 Å². The Kier molecular flexibility index (Phi) is 7.91. The van der Waals surface area contributed by atoms with Crippen LogP contribution in [0.25, 0.3) is 0 Å². The number of halogens is 1. The number of carbonyl (C=O) groups excluding carboxylic acids is 1. The molecule has 2 aromatic rings. The normalized spacial score (nSPS) is 14.0. The predicted molar refractivity (Wildman–Crippen MR) is 106 cm³/mol. The van der Waals surface area contributed by atoms with Crippen molar-refractivity contribution in [3.63, 3.8) is 0 Å². The van der Waals surface area contributed by atoms with Gasteiger partial charge in [-0.1, -0.05) is 30.3 Å². The number of para-hydroxylation sites is 1. The molecular weight excluding hydrogens is 350 g/mol. The maximum Gasteiger partial charge on any atom is 0.236 e. The summed E-state index contributed by atoms with van der Waals surface area (Å²) in [5.74, 6) is 1.83. The first-order chi connectivity index (χ1) is 12.2. The molecule has 0 spiro atoms. The molecule has 1 heterocycles. The molecule has 1 amide bonds. The van der Waals surface area contributed by atoms with Gasteiger partial charge in [0.25, 0.3) is 0 Å². The molecule has 6 heteroatoms. The smallest absolute Gasteiger partial charge is 0.236 e. The number of ether oxygens (including phenoxy) is 1. The van der Waals surface area contributed by atoms with Crippen molar-refractivity contribution in [3.05, 3.63) is 60.2 Å². The molecule has 0 atom stereocenters. The van der Waals surface area contributed by atoms with E-state index in [1.807, 2.05) is 65.4 Å². The van der Waals surface area contributed by atoms with E-state index in [2.05, 4.69) is 11.4 Å². The van der Waals surface area contributed by atoms with Gasteiger partial charge in [0.05, 0.1) is 6.54 Å². The molecule has 5 nitrogen and oxygen atoms in total. The number of hydrogen-bond donors (Lipinski definition) is 1. The predicted octanol–water partition coefficient (Wildman–Crippen LogP) is 2.76. The SMILES string of the molecule is CN(CC(=O)N1CCNCC1)Cc1cccc(Oc2ccccc2)c1.Cl. The van der Waals surface area contributed by atoms with E-state index >= 15 is 0 Å². The van der Waals surface area contributed by atoms with E-state index in [-0.39, 0.29) is 18.3 Å². The average Bonchev–Trinajstić information content (AvgIpc) is 2.63. The maximum absolute atomic E-state index is 12.3. The number of likely N-dealkylation sites (N-methyl/N-ethyl adjacent to an activating group) is 1. The van der Waals surface area contributed by atoms with Crippen molar-refractivity contribution in [3.8, 4) is 11.5 Å². The average molecular weight is 376 g/mol. The summed E-state index contributed by atoms with van der Waals surface area (Å²) in [6.45, 7) is 4.51. The quantitative estimate of drug-likeness (QED) is 0.843. The topological polar surface area (TPSA) is 44.8 Å². The van der Waals surface area contributed by atoms with Gasteiger partial charge in [0.1, 0.15) is 11.5 Å². The molecule has 1 aliphatic heterocycles. The molecule has 3 rings (SSSR count). The summed E-state index contributed by atoms with van der Waals surface area (Å²) in [5, 5.41) is 3.27. The van der Waals surface area contributed by atoms with E-state index in [1.165, 1.54) is 0 Å². The number of piperazine rings is 1. The Morgan fingerprint density at radius 2 is 1.77 bits per heavy atom. The van der Waals surface area contributed by atoms with Gasteiger partial charge in [-0.3, -0.25) is 9.69 Å². The number of hydrogen-bond acceptors (Lipinski definition) is 4. The summed E-state index contributed by atoms with van der Waals surface area (Å²) in [4.78, 5) is 16.3. The molecule has 0 unspecified atom stereocenters. The molecule has 1 aliphatic rings. The lowest BCUT2D eigenvalue weighted by Crippen LogP contribution is -2.49. The van der Waals surface area contributed by atoms with Crippen LogP contribution in [0.1, 0.15) is 5.56 Å². The second-order valence-corrected chi connectivity index (χ2v) is 6.37. The van der Waals surface area contributed by atoms with E-state index in [0.29, 0.717) is 13.1 Å².